The lowest BCUT2D eigenvalue weighted by atomic mass is 10.1. The molecule has 118 valence electrons. The van der Waals surface area contributed by atoms with E-state index in [9.17, 15) is 14.4 Å². The second-order valence-corrected chi connectivity index (χ2v) is 4.99. The fraction of sp³-hybridized carbons (Fsp3) is 0.0625. The molecule has 0 aromatic heterocycles. The van der Waals surface area contributed by atoms with Gasteiger partial charge in [-0.15, -0.1) is 0 Å². The standard InChI is InChI=1S/C16H13ClN2O4/c1-23-16(22)11-4-2-3-10(7-11)15(21)19-13-8-9(14(18)20)5-6-12(13)17/h2-8H,1H3,(H2,18,20)(H,19,21). The van der Waals surface area contributed by atoms with Gasteiger partial charge in [0, 0.05) is 11.1 Å². The molecule has 0 saturated carbocycles. The molecule has 0 heterocycles. The highest BCUT2D eigenvalue weighted by Gasteiger charge is 2.13. The van der Waals surface area contributed by atoms with Crippen molar-refractivity contribution in [3.63, 3.8) is 0 Å². The Morgan fingerprint density at radius 3 is 2.39 bits per heavy atom. The summed E-state index contributed by atoms with van der Waals surface area (Å²) in [5.41, 5.74) is 6.15. The molecule has 0 aliphatic rings. The number of benzene rings is 2. The number of halogens is 1. The smallest absolute Gasteiger partial charge is 0.337 e. The van der Waals surface area contributed by atoms with Gasteiger partial charge < -0.3 is 15.8 Å². The van der Waals surface area contributed by atoms with Gasteiger partial charge in [0.1, 0.15) is 0 Å². The number of primary amides is 1. The van der Waals surface area contributed by atoms with E-state index in [4.69, 9.17) is 17.3 Å². The Hall–Kier alpha value is -2.86. The number of amides is 2. The quantitative estimate of drug-likeness (QED) is 0.840. The predicted molar refractivity (Wildman–Crippen MR) is 85.7 cm³/mol. The van der Waals surface area contributed by atoms with E-state index in [0.29, 0.717) is 0 Å². The number of hydrogen-bond donors (Lipinski definition) is 2. The van der Waals surface area contributed by atoms with Crippen molar-refractivity contribution < 1.29 is 19.1 Å². The van der Waals surface area contributed by atoms with Gasteiger partial charge in [0.15, 0.2) is 0 Å². The molecule has 3 N–H and O–H groups in total. The fourth-order valence-corrected chi connectivity index (χ4v) is 2.04. The molecular weight excluding hydrogens is 320 g/mol. The average molecular weight is 333 g/mol. The first-order valence-corrected chi connectivity index (χ1v) is 6.89. The third-order valence-corrected chi connectivity index (χ3v) is 3.37. The highest BCUT2D eigenvalue weighted by atomic mass is 35.5. The summed E-state index contributed by atoms with van der Waals surface area (Å²) in [7, 11) is 1.25. The van der Waals surface area contributed by atoms with Crippen LogP contribution in [0.1, 0.15) is 31.1 Å². The Morgan fingerprint density at radius 2 is 1.74 bits per heavy atom. The maximum atomic E-state index is 12.3. The van der Waals surface area contributed by atoms with Crippen LogP contribution in [0.4, 0.5) is 5.69 Å². The number of hydrogen-bond acceptors (Lipinski definition) is 4. The molecule has 0 radical (unpaired) electrons. The number of methoxy groups -OCH3 is 1. The van der Waals surface area contributed by atoms with Gasteiger partial charge in [-0.1, -0.05) is 17.7 Å². The third-order valence-electron chi connectivity index (χ3n) is 3.04. The number of rotatable bonds is 4. The molecule has 2 aromatic rings. The average Bonchev–Trinajstić information content (AvgIpc) is 2.55. The van der Waals surface area contributed by atoms with Gasteiger partial charge in [-0.3, -0.25) is 9.59 Å². The Kier molecular flexibility index (Phi) is 4.98. The largest absolute Gasteiger partial charge is 0.465 e. The monoisotopic (exact) mass is 332 g/mol. The van der Waals surface area contributed by atoms with E-state index in [1.54, 1.807) is 6.07 Å². The molecule has 0 aliphatic carbocycles. The van der Waals surface area contributed by atoms with Crippen LogP contribution in [0.15, 0.2) is 42.5 Å². The van der Waals surface area contributed by atoms with Crippen LogP contribution in [0.3, 0.4) is 0 Å². The number of carbonyl (C=O) groups excluding carboxylic acids is 3. The van der Waals surface area contributed by atoms with E-state index in [0.717, 1.165) is 0 Å². The van der Waals surface area contributed by atoms with Gasteiger partial charge in [0.2, 0.25) is 5.91 Å². The molecule has 0 bridgehead atoms. The highest BCUT2D eigenvalue weighted by Crippen LogP contribution is 2.23. The van der Waals surface area contributed by atoms with Gasteiger partial charge in [0.05, 0.1) is 23.4 Å². The summed E-state index contributed by atoms with van der Waals surface area (Å²) in [5.74, 6) is -1.67. The van der Waals surface area contributed by atoms with Crippen LogP contribution < -0.4 is 11.1 Å². The lowest BCUT2D eigenvalue weighted by Gasteiger charge is -2.09. The minimum Gasteiger partial charge on any atom is -0.465 e. The number of nitrogens with two attached hydrogens (primary N) is 1. The minimum atomic E-state index is -0.634. The number of ether oxygens (including phenoxy) is 1. The normalized spacial score (nSPS) is 10.0. The van der Waals surface area contributed by atoms with Crippen molar-refractivity contribution >= 4 is 35.1 Å². The van der Waals surface area contributed by atoms with E-state index in [1.807, 2.05) is 0 Å². The first-order valence-electron chi connectivity index (χ1n) is 6.51. The Balaban J connectivity index is 2.27. The van der Waals surface area contributed by atoms with Gasteiger partial charge in [0.25, 0.3) is 5.91 Å². The lowest BCUT2D eigenvalue weighted by molar-refractivity contribution is 0.0600. The maximum absolute atomic E-state index is 12.3. The molecule has 2 amide bonds. The summed E-state index contributed by atoms with van der Waals surface area (Å²) < 4.78 is 4.61. The van der Waals surface area contributed by atoms with E-state index >= 15 is 0 Å². The van der Waals surface area contributed by atoms with Crippen LogP contribution in [0.5, 0.6) is 0 Å². The minimum absolute atomic E-state index is 0.216. The van der Waals surface area contributed by atoms with Crippen LogP contribution in [-0.4, -0.2) is 24.9 Å². The second kappa shape index (κ2) is 6.93. The number of carbonyl (C=O) groups is 3. The number of anilines is 1. The Bertz CT molecular complexity index is 789. The summed E-state index contributed by atoms with van der Waals surface area (Å²) >= 11 is 6.00. The van der Waals surface area contributed by atoms with Gasteiger partial charge in [-0.05, 0) is 36.4 Å². The van der Waals surface area contributed by atoms with Crippen molar-refractivity contribution in [2.24, 2.45) is 5.73 Å². The highest BCUT2D eigenvalue weighted by molar-refractivity contribution is 6.34. The second-order valence-electron chi connectivity index (χ2n) is 4.59. The molecule has 0 spiro atoms. The summed E-state index contributed by atoms with van der Waals surface area (Å²) in [4.78, 5) is 35.0. The molecule has 23 heavy (non-hydrogen) atoms. The van der Waals surface area contributed by atoms with Crippen molar-refractivity contribution in [1.82, 2.24) is 0 Å². The third kappa shape index (κ3) is 3.87. The summed E-state index contributed by atoms with van der Waals surface area (Å²) in [5, 5.41) is 2.83. The first-order chi connectivity index (χ1) is 10.9. The molecule has 2 aromatic carbocycles. The number of esters is 1. The van der Waals surface area contributed by atoms with Crippen LogP contribution in [0, 0.1) is 0 Å². The zero-order valence-corrected chi connectivity index (χ0v) is 12.9. The van der Waals surface area contributed by atoms with Crippen LogP contribution >= 0.6 is 11.6 Å². The van der Waals surface area contributed by atoms with Crippen molar-refractivity contribution in [2.75, 3.05) is 12.4 Å². The van der Waals surface area contributed by atoms with E-state index in [2.05, 4.69) is 10.1 Å². The molecule has 0 unspecified atom stereocenters. The van der Waals surface area contributed by atoms with E-state index in [1.165, 1.54) is 43.5 Å². The predicted octanol–water partition coefficient (Wildman–Crippen LogP) is 2.48. The van der Waals surface area contributed by atoms with Crippen LogP contribution in [0.25, 0.3) is 0 Å². The van der Waals surface area contributed by atoms with Crippen molar-refractivity contribution in [2.45, 2.75) is 0 Å². The molecule has 2 rings (SSSR count). The van der Waals surface area contributed by atoms with Crippen LogP contribution in [0.2, 0.25) is 5.02 Å². The first kappa shape index (κ1) is 16.5. The van der Waals surface area contributed by atoms with Crippen molar-refractivity contribution in [3.05, 3.63) is 64.2 Å². The topological polar surface area (TPSA) is 98.5 Å². The Morgan fingerprint density at radius 1 is 1.04 bits per heavy atom. The van der Waals surface area contributed by atoms with Gasteiger partial charge >= 0.3 is 5.97 Å². The Labute approximate surface area is 137 Å². The fourth-order valence-electron chi connectivity index (χ4n) is 1.87. The summed E-state index contributed by atoms with van der Waals surface area (Å²) in [6.45, 7) is 0. The van der Waals surface area contributed by atoms with Crippen LogP contribution in [-0.2, 0) is 4.74 Å². The molecule has 0 aliphatic heterocycles. The lowest BCUT2D eigenvalue weighted by Crippen LogP contribution is -2.15. The summed E-state index contributed by atoms with van der Waals surface area (Å²) in [6, 6.07) is 10.3. The van der Waals surface area contributed by atoms with Gasteiger partial charge in [-0.25, -0.2) is 4.79 Å². The maximum Gasteiger partial charge on any atom is 0.337 e. The molecule has 6 nitrogen and oxygen atoms in total. The SMILES string of the molecule is COC(=O)c1cccc(C(=O)Nc2cc(C(N)=O)ccc2Cl)c1. The van der Waals surface area contributed by atoms with E-state index in [-0.39, 0.29) is 27.4 Å². The molecular formula is C16H13ClN2O4. The molecule has 0 saturated heterocycles. The molecule has 0 fully saturated rings. The van der Waals surface area contributed by atoms with Gasteiger partial charge in [-0.2, -0.15) is 0 Å². The van der Waals surface area contributed by atoms with Crippen molar-refractivity contribution in [1.29, 1.82) is 0 Å². The summed E-state index contributed by atoms with van der Waals surface area (Å²) in [6.07, 6.45) is 0. The van der Waals surface area contributed by atoms with E-state index < -0.39 is 17.8 Å². The zero-order chi connectivity index (χ0) is 17.0. The molecule has 7 heteroatoms. The zero-order valence-electron chi connectivity index (χ0n) is 12.1. The molecule has 0 atom stereocenters. The number of nitrogens with one attached hydrogen (secondary N) is 1. The van der Waals surface area contributed by atoms with Crippen molar-refractivity contribution in [3.8, 4) is 0 Å².